The molecule has 2 aliphatic heterocycles. The molecule has 1 saturated carbocycles. The number of fused-ring (bicyclic) bond motifs is 1. The van der Waals surface area contributed by atoms with Crippen molar-refractivity contribution in [3.63, 3.8) is 0 Å². The van der Waals surface area contributed by atoms with E-state index >= 15 is 0 Å². The molecule has 4 heteroatoms. The molecule has 28 heavy (non-hydrogen) atoms. The highest BCUT2D eigenvalue weighted by atomic mass is 15.4. The summed E-state index contributed by atoms with van der Waals surface area (Å²) in [6.07, 6.45) is 11.7. The fraction of sp³-hybridized carbons (Fsp3) is 0.542. The molecule has 0 atom stereocenters. The lowest BCUT2D eigenvalue weighted by molar-refractivity contribution is 0.121. The number of piperidine rings is 1. The van der Waals surface area contributed by atoms with Crippen molar-refractivity contribution < 1.29 is 0 Å². The van der Waals surface area contributed by atoms with Crippen LogP contribution in [0.3, 0.4) is 0 Å². The molecule has 4 nitrogen and oxygen atoms in total. The number of aromatic nitrogens is 1. The zero-order valence-corrected chi connectivity index (χ0v) is 16.8. The first-order valence-electron chi connectivity index (χ1n) is 11.1. The average molecular weight is 377 g/mol. The van der Waals surface area contributed by atoms with Crippen LogP contribution < -0.4 is 9.80 Å². The lowest BCUT2D eigenvalue weighted by Gasteiger charge is -2.42. The van der Waals surface area contributed by atoms with Gasteiger partial charge in [-0.15, -0.1) is 0 Å². The molecule has 0 spiro atoms. The van der Waals surface area contributed by atoms with E-state index in [4.69, 9.17) is 4.98 Å². The highest BCUT2D eigenvalue weighted by molar-refractivity contribution is 5.72. The topological polar surface area (TPSA) is 22.6 Å². The van der Waals surface area contributed by atoms with Gasteiger partial charge < -0.3 is 14.7 Å². The summed E-state index contributed by atoms with van der Waals surface area (Å²) < 4.78 is 0. The first kappa shape index (κ1) is 18.0. The van der Waals surface area contributed by atoms with Crippen molar-refractivity contribution in [3.8, 4) is 0 Å². The molecule has 0 bridgehead atoms. The van der Waals surface area contributed by atoms with Gasteiger partial charge >= 0.3 is 0 Å². The van der Waals surface area contributed by atoms with Crippen LogP contribution >= 0.6 is 0 Å². The van der Waals surface area contributed by atoms with Crippen LogP contribution in [-0.2, 0) is 6.54 Å². The van der Waals surface area contributed by atoms with Gasteiger partial charge in [0.1, 0.15) is 0 Å². The maximum atomic E-state index is 4.74. The fourth-order valence-corrected chi connectivity index (χ4v) is 5.43. The largest absolute Gasteiger partial charge is 0.348 e. The summed E-state index contributed by atoms with van der Waals surface area (Å²) in [5, 5.41) is 0. The van der Waals surface area contributed by atoms with Gasteiger partial charge in [0.15, 0.2) is 5.82 Å². The minimum absolute atomic E-state index is 0.642. The van der Waals surface area contributed by atoms with Crippen molar-refractivity contribution in [1.82, 2.24) is 9.88 Å². The molecular formula is C24H32N4. The first-order chi connectivity index (χ1) is 13.9. The minimum atomic E-state index is 0.642. The summed E-state index contributed by atoms with van der Waals surface area (Å²) in [6.45, 7) is 4.43. The summed E-state index contributed by atoms with van der Waals surface area (Å²) in [6, 6.07) is 16.6. The Morgan fingerprint density at radius 1 is 0.821 bits per heavy atom. The molecule has 2 fully saturated rings. The molecule has 1 aromatic carbocycles. The van der Waals surface area contributed by atoms with E-state index < -0.39 is 0 Å². The highest BCUT2D eigenvalue weighted by Gasteiger charge is 2.35. The van der Waals surface area contributed by atoms with Crippen LogP contribution in [0.4, 0.5) is 11.5 Å². The maximum absolute atomic E-state index is 4.74. The van der Waals surface area contributed by atoms with Gasteiger partial charge in [-0.1, -0.05) is 49.6 Å². The van der Waals surface area contributed by atoms with Crippen LogP contribution in [0, 0.1) is 0 Å². The number of anilines is 2. The number of pyridine rings is 1. The van der Waals surface area contributed by atoms with Gasteiger partial charge in [-0.05, 0) is 43.4 Å². The lowest BCUT2D eigenvalue weighted by atomic mass is 9.92. The molecular weight excluding hydrogens is 344 g/mol. The molecule has 0 unspecified atom stereocenters. The van der Waals surface area contributed by atoms with Crippen LogP contribution in [-0.4, -0.2) is 41.7 Å². The van der Waals surface area contributed by atoms with Gasteiger partial charge in [0.05, 0.1) is 12.4 Å². The Morgan fingerprint density at radius 3 is 2.39 bits per heavy atom. The Bertz CT molecular complexity index is 763. The number of rotatable bonds is 4. The molecule has 2 aromatic rings. The van der Waals surface area contributed by atoms with Crippen LogP contribution in [0.1, 0.15) is 50.5 Å². The molecule has 3 aliphatic rings. The second-order valence-electron chi connectivity index (χ2n) is 8.70. The van der Waals surface area contributed by atoms with E-state index in [9.17, 15) is 0 Å². The number of benzene rings is 1. The van der Waals surface area contributed by atoms with Crippen molar-refractivity contribution in [2.75, 3.05) is 29.6 Å². The predicted octanol–water partition coefficient (Wildman–Crippen LogP) is 4.66. The van der Waals surface area contributed by atoms with Gasteiger partial charge in [-0.2, -0.15) is 0 Å². The second-order valence-corrected chi connectivity index (χ2v) is 8.70. The summed E-state index contributed by atoms with van der Waals surface area (Å²) in [4.78, 5) is 12.6. The summed E-state index contributed by atoms with van der Waals surface area (Å²) in [7, 11) is 0. The smallest absolute Gasteiger partial charge is 0.153 e. The van der Waals surface area contributed by atoms with Gasteiger partial charge in [0, 0.05) is 37.9 Å². The second kappa shape index (κ2) is 8.12. The summed E-state index contributed by atoms with van der Waals surface area (Å²) >= 11 is 0. The van der Waals surface area contributed by atoms with Crippen LogP contribution in [0.25, 0.3) is 0 Å². The summed E-state index contributed by atoms with van der Waals surface area (Å²) in [5.74, 6) is 1.15. The molecule has 0 amide bonds. The van der Waals surface area contributed by atoms with Crippen molar-refractivity contribution >= 4 is 11.5 Å². The van der Waals surface area contributed by atoms with E-state index in [0.29, 0.717) is 6.04 Å². The summed E-state index contributed by atoms with van der Waals surface area (Å²) in [5.41, 5.74) is 2.68. The van der Waals surface area contributed by atoms with Crippen molar-refractivity contribution in [2.24, 2.45) is 0 Å². The van der Waals surface area contributed by atoms with E-state index in [1.807, 2.05) is 6.20 Å². The third-order valence-corrected chi connectivity index (χ3v) is 6.95. The monoisotopic (exact) mass is 376 g/mol. The first-order valence-corrected chi connectivity index (χ1v) is 11.1. The average Bonchev–Trinajstić information content (AvgIpc) is 3.14. The van der Waals surface area contributed by atoms with Gasteiger partial charge in [-0.3, -0.25) is 0 Å². The van der Waals surface area contributed by atoms with Crippen molar-refractivity contribution in [1.29, 1.82) is 0 Å². The third kappa shape index (κ3) is 3.62. The fourth-order valence-electron chi connectivity index (χ4n) is 5.43. The van der Waals surface area contributed by atoms with Crippen molar-refractivity contribution in [3.05, 3.63) is 54.2 Å². The number of hydrogen-bond acceptors (Lipinski definition) is 4. The number of hydrogen-bond donors (Lipinski definition) is 0. The van der Waals surface area contributed by atoms with E-state index in [1.54, 1.807) is 0 Å². The minimum Gasteiger partial charge on any atom is -0.348 e. The Morgan fingerprint density at radius 2 is 1.61 bits per heavy atom. The van der Waals surface area contributed by atoms with E-state index in [0.717, 1.165) is 25.1 Å². The Balaban J connectivity index is 1.27. The van der Waals surface area contributed by atoms with E-state index in [-0.39, 0.29) is 0 Å². The molecule has 1 aliphatic carbocycles. The van der Waals surface area contributed by atoms with Gasteiger partial charge in [-0.25, -0.2) is 4.98 Å². The molecule has 5 rings (SSSR count). The lowest BCUT2D eigenvalue weighted by Crippen LogP contribution is -2.49. The number of nitrogens with zero attached hydrogens (tertiary/aromatic N) is 4. The van der Waals surface area contributed by atoms with E-state index in [1.165, 1.54) is 69.3 Å². The molecule has 0 radical (unpaired) electrons. The molecule has 1 aromatic heterocycles. The molecule has 148 valence electrons. The molecule has 3 heterocycles. The molecule has 1 saturated heterocycles. The normalized spacial score (nSPS) is 21.9. The Labute approximate surface area is 169 Å². The van der Waals surface area contributed by atoms with Crippen LogP contribution in [0.5, 0.6) is 0 Å². The molecule has 0 N–H and O–H groups in total. The van der Waals surface area contributed by atoms with Crippen LogP contribution in [0.2, 0.25) is 0 Å². The maximum Gasteiger partial charge on any atom is 0.153 e. The van der Waals surface area contributed by atoms with Gasteiger partial charge in [0.2, 0.25) is 0 Å². The third-order valence-electron chi connectivity index (χ3n) is 6.95. The van der Waals surface area contributed by atoms with Crippen LogP contribution in [0.15, 0.2) is 48.7 Å². The zero-order valence-electron chi connectivity index (χ0n) is 16.8. The van der Waals surface area contributed by atoms with E-state index in [2.05, 4.69) is 57.2 Å². The number of likely N-dealkylation sites (tertiary alicyclic amines) is 1. The quantitative estimate of drug-likeness (QED) is 0.774. The van der Waals surface area contributed by atoms with Gasteiger partial charge in [0.25, 0.3) is 0 Å². The SMILES string of the molecule is c1ccc(CN2CN(C3CCN(C4CCCCC4)CC3)c3cccnc32)cc1. The standard InChI is InChI=1S/C24H32N4/c1-3-8-20(9-4-1)18-27-19-28(23-12-7-15-25-24(23)27)22-13-16-26(17-14-22)21-10-5-2-6-11-21/h1,3-4,7-9,12,15,21-22H,2,5-6,10-11,13-14,16-19H2. The highest BCUT2D eigenvalue weighted by Crippen LogP contribution is 2.38. The Hall–Kier alpha value is -2.07. The predicted molar refractivity (Wildman–Crippen MR) is 116 cm³/mol. The Kier molecular flexibility index (Phi) is 5.22. The van der Waals surface area contributed by atoms with Crippen molar-refractivity contribution in [2.45, 2.75) is 63.6 Å². The zero-order chi connectivity index (χ0) is 18.8.